The molecule has 12 heavy (non-hydrogen) atoms. The number of fused-ring (bicyclic) bond motifs is 1. The third-order valence-corrected chi connectivity index (χ3v) is 2.93. The molecule has 0 spiro atoms. The Morgan fingerprint density at radius 2 is 2.33 bits per heavy atom. The Morgan fingerprint density at radius 3 is 3.08 bits per heavy atom. The van der Waals surface area contributed by atoms with Gasteiger partial charge < -0.3 is 0 Å². The third-order valence-electron chi connectivity index (χ3n) is 2.54. The van der Waals surface area contributed by atoms with E-state index in [0.29, 0.717) is 5.92 Å². The minimum Gasteiger partial charge on any atom is -0.282 e. The summed E-state index contributed by atoms with van der Waals surface area (Å²) in [7, 11) is 0. The summed E-state index contributed by atoms with van der Waals surface area (Å²) >= 11 is 6.23. The van der Waals surface area contributed by atoms with Crippen molar-refractivity contribution in [3.8, 4) is 0 Å². The molecule has 1 aromatic rings. The van der Waals surface area contributed by atoms with Crippen molar-refractivity contribution in [2.24, 2.45) is 5.92 Å². The number of nitrogens with zero attached hydrogens (tertiary/aromatic N) is 1. The fourth-order valence-corrected chi connectivity index (χ4v) is 2.54. The smallest absolute Gasteiger partial charge is 0.0674 e. The molecule has 2 nitrogen and oxygen atoms in total. The molecule has 2 rings (SSSR count). The lowest BCUT2D eigenvalue weighted by Crippen LogP contribution is -2.12. The predicted octanol–water partition coefficient (Wildman–Crippen LogP) is 2.58. The van der Waals surface area contributed by atoms with Crippen LogP contribution >= 0.6 is 11.6 Å². The van der Waals surface area contributed by atoms with E-state index in [-0.39, 0.29) is 5.38 Å². The van der Waals surface area contributed by atoms with Crippen molar-refractivity contribution < 1.29 is 0 Å². The third kappa shape index (κ3) is 1.14. The van der Waals surface area contributed by atoms with Crippen LogP contribution in [-0.2, 0) is 6.42 Å². The second-order valence-electron chi connectivity index (χ2n) is 3.72. The molecule has 0 aromatic carbocycles. The van der Waals surface area contributed by atoms with E-state index < -0.39 is 0 Å². The molecular formula is C9H13ClN2. The molecular weight excluding hydrogens is 172 g/mol. The highest BCUT2D eigenvalue weighted by atomic mass is 35.5. The standard InChI is InChI=1S/C9H13ClN2/c1-5-3-7(10)9-6(2)11-12-8(9)4-5/h5,7H,3-4H2,1-2H3,(H,11,12). The summed E-state index contributed by atoms with van der Waals surface area (Å²) < 4.78 is 0. The highest BCUT2D eigenvalue weighted by Gasteiger charge is 2.26. The van der Waals surface area contributed by atoms with Crippen LogP contribution in [0.1, 0.15) is 35.7 Å². The minimum atomic E-state index is 0.169. The maximum absolute atomic E-state index is 6.23. The van der Waals surface area contributed by atoms with E-state index in [9.17, 15) is 0 Å². The van der Waals surface area contributed by atoms with Gasteiger partial charge in [0.15, 0.2) is 0 Å². The van der Waals surface area contributed by atoms with Crippen LogP contribution in [0.25, 0.3) is 0 Å². The number of aryl methyl sites for hydroxylation is 1. The van der Waals surface area contributed by atoms with E-state index in [2.05, 4.69) is 17.1 Å². The molecule has 0 radical (unpaired) electrons. The van der Waals surface area contributed by atoms with Crippen LogP contribution in [0.5, 0.6) is 0 Å². The number of rotatable bonds is 0. The molecule has 1 aromatic heterocycles. The number of H-pyrrole nitrogens is 1. The van der Waals surface area contributed by atoms with Crippen LogP contribution in [0.3, 0.4) is 0 Å². The van der Waals surface area contributed by atoms with Crippen molar-refractivity contribution in [1.82, 2.24) is 10.2 Å². The number of aromatic nitrogens is 2. The average Bonchev–Trinajstić information content (AvgIpc) is 2.31. The molecule has 66 valence electrons. The second kappa shape index (κ2) is 2.77. The monoisotopic (exact) mass is 184 g/mol. The van der Waals surface area contributed by atoms with Crippen LogP contribution in [0.2, 0.25) is 0 Å². The van der Waals surface area contributed by atoms with Gasteiger partial charge in [-0.25, -0.2) is 0 Å². The van der Waals surface area contributed by atoms with Gasteiger partial charge in [-0.1, -0.05) is 6.92 Å². The zero-order valence-electron chi connectivity index (χ0n) is 7.39. The van der Waals surface area contributed by atoms with Crippen molar-refractivity contribution in [3.05, 3.63) is 17.0 Å². The van der Waals surface area contributed by atoms with Gasteiger partial charge in [0.2, 0.25) is 0 Å². The number of hydrogen-bond acceptors (Lipinski definition) is 1. The molecule has 0 saturated heterocycles. The fraction of sp³-hybridized carbons (Fsp3) is 0.667. The summed E-state index contributed by atoms with van der Waals surface area (Å²) in [6.45, 7) is 4.26. The Kier molecular flexibility index (Phi) is 1.87. The Morgan fingerprint density at radius 1 is 1.58 bits per heavy atom. The van der Waals surface area contributed by atoms with Gasteiger partial charge >= 0.3 is 0 Å². The van der Waals surface area contributed by atoms with Crippen molar-refractivity contribution in [1.29, 1.82) is 0 Å². The first-order valence-corrected chi connectivity index (χ1v) is 4.80. The maximum Gasteiger partial charge on any atom is 0.0674 e. The molecule has 0 amide bonds. The summed E-state index contributed by atoms with van der Waals surface area (Å²) in [6, 6.07) is 0. The van der Waals surface area contributed by atoms with E-state index in [4.69, 9.17) is 11.6 Å². The molecule has 0 fully saturated rings. The van der Waals surface area contributed by atoms with Gasteiger partial charge in [0, 0.05) is 11.3 Å². The Balaban J connectivity index is 2.43. The van der Waals surface area contributed by atoms with Gasteiger partial charge in [0.05, 0.1) is 11.1 Å². The summed E-state index contributed by atoms with van der Waals surface area (Å²) in [4.78, 5) is 0. The van der Waals surface area contributed by atoms with Crippen LogP contribution < -0.4 is 0 Å². The summed E-state index contributed by atoms with van der Waals surface area (Å²) in [5.74, 6) is 0.669. The Hall–Kier alpha value is -0.500. The van der Waals surface area contributed by atoms with Crippen LogP contribution in [-0.4, -0.2) is 10.2 Å². The second-order valence-corrected chi connectivity index (χ2v) is 4.25. The van der Waals surface area contributed by atoms with Gasteiger partial charge in [0.25, 0.3) is 0 Å². The van der Waals surface area contributed by atoms with Crippen molar-refractivity contribution in [3.63, 3.8) is 0 Å². The maximum atomic E-state index is 6.23. The molecule has 1 N–H and O–H groups in total. The molecule has 2 atom stereocenters. The number of nitrogens with one attached hydrogen (secondary N) is 1. The first kappa shape index (κ1) is 8.11. The summed E-state index contributed by atoms with van der Waals surface area (Å²) in [6.07, 6.45) is 2.15. The normalized spacial score (nSPS) is 28.6. The Labute approximate surface area is 77.3 Å². The van der Waals surface area contributed by atoms with Crippen molar-refractivity contribution in [2.45, 2.75) is 32.1 Å². The largest absolute Gasteiger partial charge is 0.282 e. The van der Waals surface area contributed by atoms with Gasteiger partial charge in [0.1, 0.15) is 0 Å². The first-order valence-electron chi connectivity index (χ1n) is 4.36. The van der Waals surface area contributed by atoms with E-state index in [1.807, 2.05) is 6.92 Å². The van der Waals surface area contributed by atoms with E-state index >= 15 is 0 Å². The molecule has 3 heteroatoms. The van der Waals surface area contributed by atoms with Crippen LogP contribution in [0, 0.1) is 12.8 Å². The first-order chi connectivity index (χ1) is 5.68. The van der Waals surface area contributed by atoms with Crippen molar-refractivity contribution in [2.75, 3.05) is 0 Å². The molecule has 0 saturated carbocycles. The van der Waals surface area contributed by atoms with Crippen LogP contribution in [0.4, 0.5) is 0 Å². The predicted molar refractivity (Wildman–Crippen MR) is 49.4 cm³/mol. The minimum absolute atomic E-state index is 0.169. The number of halogens is 1. The highest BCUT2D eigenvalue weighted by Crippen LogP contribution is 2.37. The lowest BCUT2D eigenvalue weighted by molar-refractivity contribution is 0.485. The zero-order valence-corrected chi connectivity index (χ0v) is 8.15. The fourth-order valence-electron chi connectivity index (χ4n) is 1.94. The van der Waals surface area contributed by atoms with Gasteiger partial charge in [-0.05, 0) is 25.7 Å². The molecule has 0 bridgehead atoms. The molecule has 2 unspecified atom stereocenters. The van der Waals surface area contributed by atoms with E-state index in [1.54, 1.807) is 0 Å². The quantitative estimate of drug-likeness (QED) is 0.617. The number of alkyl halides is 1. The summed E-state index contributed by atoms with van der Waals surface area (Å²) in [5, 5.41) is 7.41. The lowest BCUT2D eigenvalue weighted by Gasteiger charge is -2.21. The zero-order chi connectivity index (χ0) is 8.72. The van der Waals surface area contributed by atoms with Crippen LogP contribution in [0.15, 0.2) is 0 Å². The molecule has 0 aliphatic heterocycles. The van der Waals surface area contributed by atoms with Crippen molar-refractivity contribution >= 4 is 11.6 Å². The SMILES string of the molecule is Cc1[nH]nc2c1C(Cl)CC(C)C2. The van der Waals surface area contributed by atoms with Gasteiger partial charge in [-0.3, -0.25) is 5.10 Å². The molecule has 1 heterocycles. The average molecular weight is 185 g/mol. The van der Waals surface area contributed by atoms with E-state index in [0.717, 1.165) is 18.5 Å². The highest BCUT2D eigenvalue weighted by molar-refractivity contribution is 6.21. The van der Waals surface area contributed by atoms with Gasteiger partial charge in [-0.15, -0.1) is 11.6 Å². The van der Waals surface area contributed by atoms with E-state index in [1.165, 1.54) is 11.3 Å². The molecule has 1 aliphatic carbocycles. The Bertz CT molecular complexity index is 293. The topological polar surface area (TPSA) is 28.7 Å². The number of aromatic amines is 1. The van der Waals surface area contributed by atoms with Gasteiger partial charge in [-0.2, -0.15) is 5.10 Å². The lowest BCUT2D eigenvalue weighted by atomic mass is 9.88. The number of hydrogen-bond donors (Lipinski definition) is 1. The summed E-state index contributed by atoms with van der Waals surface area (Å²) in [5.41, 5.74) is 3.55. The molecule has 1 aliphatic rings.